The van der Waals surface area contributed by atoms with Crippen LogP contribution in [-0.4, -0.2) is 46.0 Å². The highest BCUT2D eigenvalue weighted by atomic mass is 16.5. The van der Waals surface area contributed by atoms with Crippen LogP contribution < -0.4 is 0 Å². The number of ether oxygens (including phenoxy) is 2. The molecule has 0 saturated heterocycles. The fourth-order valence-corrected chi connectivity index (χ4v) is 1.16. The zero-order valence-corrected chi connectivity index (χ0v) is 9.55. The van der Waals surface area contributed by atoms with Crippen molar-refractivity contribution >= 4 is 5.97 Å². The van der Waals surface area contributed by atoms with E-state index < -0.39 is 5.97 Å². The van der Waals surface area contributed by atoms with Crippen LogP contribution in [0, 0.1) is 0 Å². The molecule has 0 N–H and O–H groups in total. The predicted octanol–water partition coefficient (Wildman–Crippen LogP) is 0.276. The molecule has 0 aliphatic rings. The molecule has 0 unspecified atom stereocenters. The molecule has 0 saturated carbocycles. The van der Waals surface area contributed by atoms with E-state index in [0.717, 1.165) is 6.42 Å². The van der Waals surface area contributed by atoms with Gasteiger partial charge in [0.1, 0.15) is 0 Å². The fraction of sp³-hybridized carbons (Fsp3) is 0.778. The van der Waals surface area contributed by atoms with Crippen LogP contribution in [0.25, 0.3) is 0 Å². The average Bonchev–Trinajstić information content (AvgIpc) is 2.73. The largest absolute Gasteiger partial charge is 0.460 e. The van der Waals surface area contributed by atoms with Crippen molar-refractivity contribution in [2.24, 2.45) is 0 Å². The molecule has 0 amide bonds. The Hall–Kier alpha value is -1.50. The third-order valence-electron chi connectivity index (χ3n) is 1.85. The lowest BCUT2D eigenvalue weighted by Gasteiger charge is -2.04. The molecule has 0 fully saturated rings. The molecule has 1 rings (SSSR count). The normalized spacial score (nSPS) is 10.4. The average molecular weight is 228 g/mol. The van der Waals surface area contributed by atoms with Crippen LogP contribution in [0.2, 0.25) is 0 Å². The second-order valence-corrected chi connectivity index (χ2v) is 3.00. The van der Waals surface area contributed by atoms with Crippen molar-refractivity contribution in [2.75, 3.05) is 19.8 Å². The van der Waals surface area contributed by atoms with Gasteiger partial charge in [0.2, 0.25) is 0 Å². The smallest absolute Gasteiger partial charge is 0.378 e. The Morgan fingerprint density at radius 3 is 2.88 bits per heavy atom. The van der Waals surface area contributed by atoms with Crippen molar-refractivity contribution in [3.63, 3.8) is 0 Å². The van der Waals surface area contributed by atoms with E-state index in [2.05, 4.69) is 15.5 Å². The van der Waals surface area contributed by atoms with Gasteiger partial charge in [-0.2, -0.15) is 0 Å². The first kappa shape index (κ1) is 12.6. The minimum Gasteiger partial charge on any atom is -0.460 e. The van der Waals surface area contributed by atoms with Crippen molar-refractivity contribution in [3.05, 3.63) is 5.82 Å². The quantitative estimate of drug-likeness (QED) is 0.492. The predicted molar refractivity (Wildman–Crippen MR) is 54.9 cm³/mol. The Morgan fingerprint density at radius 2 is 2.19 bits per heavy atom. The van der Waals surface area contributed by atoms with E-state index >= 15 is 0 Å². The molecule has 16 heavy (non-hydrogen) atoms. The van der Waals surface area contributed by atoms with E-state index in [1.54, 1.807) is 6.92 Å². The van der Waals surface area contributed by atoms with Crippen LogP contribution in [-0.2, 0) is 16.0 Å². The Bertz CT molecular complexity index is 326. The van der Waals surface area contributed by atoms with Gasteiger partial charge >= 0.3 is 5.97 Å². The van der Waals surface area contributed by atoms with Crippen molar-refractivity contribution in [3.8, 4) is 0 Å². The molecule has 0 spiro atoms. The zero-order chi connectivity index (χ0) is 11.8. The number of carbonyl (C=O) groups is 1. The van der Waals surface area contributed by atoms with E-state index in [-0.39, 0.29) is 5.82 Å². The van der Waals surface area contributed by atoms with E-state index in [9.17, 15) is 4.79 Å². The van der Waals surface area contributed by atoms with Crippen LogP contribution in [0.5, 0.6) is 0 Å². The number of rotatable bonds is 7. The fourth-order valence-electron chi connectivity index (χ4n) is 1.16. The Labute approximate surface area is 93.7 Å². The van der Waals surface area contributed by atoms with Gasteiger partial charge in [-0.15, -0.1) is 5.10 Å². The van der Waals surface area contributed by atoms with E-state index in [4.69, 9.17) is 9.47 Å². The second kappa shape index (κ2) is 6.89. The zero-order valence-electron chi connectivity index (χ0n) is 9.55. The molecule has 0 atom stereocenters. The summed E-state index contributed by atoms with van der Waals surface area (Å²) in [6, 6.07) is 0. The lowest BCUT2D eigenvalue weighted by atomic mass is 10.4. The Kier molecular flexibility index (Phi) is 5.41. The molecule has 90 valence electrons. The van der Waals surface area contributed by atoms with Gasteiger partial charge in [0.05, 0.1) is 6.61 Å². The van der Waals surface area contributed by atoms with Crippen LogP contribution in [0.1, 0.15) is 30.9 Å². The summed E-state index contributed by atoms with van der Waals surface area (Å²) in [4.78, 5) is 11.4. The molecule has 7 heteroatoms. The summed E-state index contributed by atoms with van der Waals surface area (Å²) in [7, 11) is 0. The highest BCUT2D eigenvalue weighted by Crippen LogP contribution is 1.98. The topological polar surface area (TPSA) is 79.1 Å². The molecule has 1 aromatic heterocycles. The van der Waals surface area contributed by atoms with Crippen LogP contribution in [0.15, 0.2) is 0 Å². The maximum Gasteiger partial charge on any atom is 0.378 e. The van der Waals surface area contributed by atoms with Crippen LogP contribution in [0.4, 0.5) is 0 Å². The Balaban J connectivity index is 2.47. The number of tetrazole rings is 1. The third kappa shape index (κ3) is 3.58. The molecule has 1 aromatic rings. The minimum atomic E-state index is -0.496. The standard InChI is InChI=1S/C9H16N4O3/c1-3-15-7-5-6-13-8(10-11-12-13)9(14)16-4-2/h3-7H2,1-2H3. The van der Waals surface area contributed by atoms with Gasteiger partial charge in [0.15, 0.2) is 0 Å². The van der Waals surface area contributed by atoms with Gasteiger partial charge in [-0.3, -0.25) is 0 Å². The van der Waals surface area contributed by atoms with Crippen molar-refractivity contribution in [2.45, 2.75) is 26.8 Å². The molecule has 0 aliphatic heterocycles. The first-order chi connectivity index (χ1) is 7.79. The molecule has 0 bridgehead atoms. The lowest BCUT2D eigenvalue weighted by molar-refractivity contribution is 0.0502. The molecular formula is C9H16N4O3. The summed E-state index contributed by atoms with van der Waals surface area (Å²) in [6.45, 7) is 5.83. The minimum absolute atomic E-state index is 0.137. The van der Waals surface area contributed by atoms with E-state index in [1.807, 2.05) is 6.92 Å². The number of nitrogens with zero attached hydrogens (tertiary/aromatic N) is 4. The number of hydrogen-bond donors (Lipinski definition) is 0. The molecule has 0 aromatic carbocycles. The first-order valence-electron chi connectivity index (χ1n) is 5.30. The summed E-state index contributed by atoms with van der Waals surface area (Å²) >= 11 is 0. The number of carbonyl (C=O) groups excluding carboxylic acids is 1. The summed E-state index contributed by atoms with van der Waals surface area (Å²) < 4.78 is 11.4. The third-order valence-corrected chi connectivity index (χ3v) is 1.85. The second-order valence-electron chi connectivity index (χ2n) is 3.00. The monoisotopic (exact) mass is 228 g/mol. The SMILES string of the molecule is CCOCCCn1nnnc1C(=O)OCC. The van der Waals surface area contributed by atoms with E-state index in [0.29, 0.717) is 26.4 Å². The van der Waals surface area contributed by atoms with Crippen LogP contribution in [0.3, 0.4) is 0 Å². The molecule has 0 aliphatic carbocycles. The van der Waals surface area contributed by atoms with Gasteiger partial charge in [-0.05, 0) is 30.7 Å². The van der Waals surface area contributed by atoms with Crippen molar-refractivity contribution < 1.29 is 14.3 Å². The maximum absolute atomic E-state index is 11.4. The lowest BCUT2D eigenvalue weighted by Crippen LogP contribution is -2.15. The van der Waals surface area contributed by atoms with Gasteiger partial charge < -0.3 is 9.47 Å². The highest BCUT2D eigenvalue weighted by molar-refractivity contribution is 5.85. The summed E-state index contributed by atoms with van der Waals surface area (Å²) in [5.41, 5.74) is 0. The molecular weight excluding hydrogens is 212 g/mol. The van der Waals surface area contributed by atoms with Gasteiger partial charge in [0, 0.05) is 19.8 Å². The Morgan fingerprint density at radius 1 is 1.38 bits per heavy atom. The number of esters is 1. The van der Waals surface area contributed by atoms with Gasteiger partial charge in [0.25, 0.3) is 5.82 Å². The molecule has 7 nitrogen and oxygen atoms in total. The van der Waals surface area contributed by atoms with Crippen LogP contribution >= 0.6 is 0 Å². The van der Waals surface area contributed by atoms with Crippen molar-refractivity contribution in [1.29, 1.82) is 0 Å². The maximum atomic E-state index is 11.4. The van der Waals surface area contributed by atoms with Gasteiger partial charge in [-0.1, -0.05) is 0 Å². The number of hydrogen-bond acceptors (Lipinski definition) is 6. The summed E-state index contributed by atoms with van der Waals surface area (Å²) in [5.74, 6) is -0.359. The van der Waals surface area contributed by atoms with E-state index in [1.165, 1.54) is 4.68 Å². The number of aryl methyl sites for hydroxylation is 1. The first-order valence-corrected chi connectivity index (χ1v) is 5.30. The van der Waals surface area contributed by atoms with Gasteiger partial charge in [-0.25, -0.2) is 9.48 Å². The molecule has 1 heterocycles. The van der Waals surface area contributed by atoms with Crippen molar-refractivity contribution in [1.82, 2.24) is 20.2 Å². The number of aromatic nitrogens is 4. The molecule has 0 radical (unpaired) electrons. The summed E-state index contributed by atoms with van der Waals surface area (Å²) in [6.07, 6.45) is 0.755. The summed E-state index contributed by atoms with van der Waals surface area (Å²) in [5, 5.41) is 10.8. The highest BCUT2D eigenvalue weighted by Gasteiger charge is 2.15.